The summed E-state index contributed by atoms with van der Waals surface area (Å²) in [5.41, 5.74) is 1.06. The lowest BCUT2D eigenvalue weighted by molar-refractivity contribution is 0.0302. The van der Waals surface area contributed by atoms with Gasteiger partial charge in [0.1, 0.15) is 0 Å². The Kier molecular flexibility index (Phi) is 6.33. The average molecular weight is 241 g/mol. The van der Waals surface area contributed by atoms with Crippen molar-refractivity contribution in [3.63, 3.8) is 0 Å². The van der Waals surface area contributed by atoms with Gasteiger partial charge in [0, 0.05) is 18.0 Å². The van der Waals surface area contributed by atoms with E-state index >= 15 is 0 Å². The topological polar surface area (TPSA) is 41.5 Å². The first-order valence-corrected chi connectivity index (χ1v) is 6.19. The largest absolute Gasteiger partial charge is 0.389 e. The molecule has 1 rings (SSSR count). The summed E-state index contributed by atoms with van der Waals surface area (Å²) in [5, 5.41) is 14.7. The maximum atomic E-state index is 9.58. The highest BCUT2D eigenvalue weighted by molar-refractivity contribution is 7.09. The van der Waals surface area contributed by atoms with Crippen LogP contribution in [0.3, 0.4) is 0 Å². The fourth-order valence-electron chi connectivity index (χ4n) is 1.20. The molecular formula is C12H19NO2S. The Morgan fingerprint density at radius 3 is 3.12 bits per heavy atom. The average Bonchev–Trinajstić information content (AvgIpc) is 2.70. The van der Waals surface area contributed by atoms with E-state index in [2.05, 4.69) is 11.9 Å². The van der Waals surface area contributed by atoms with Crippen LogP contribution in [0.2, 0.25) is 0 Å². The highest BCUT2D eigenvalue weighted by Crippen LogP contribution is 2.09. The molecule has 1 heterocycles. The van der Waals surface area contributed by atoms with Crippen LogP contribution in [0.4, 0.5) is 0 Å². The number of nitrogens with one attached hydrogen (secondary N) is 1. The molecule has 3 nitrogen and oxygen atoms in total. The second kappa shape index (κ2) is 7.57. The second-order valence-corrected chi connectivity index (χ2v) is 4.87. The summed E-state index contributed by atoms with van der Waals surface area (Å²) in [5.74, 6) is 0. The summed E-state index contributed by atoms with van der Waals surface area (Å²) >= 11 is 1.66. The summed E-state index contributed by atoms with van der Waals surface area (Å²) in [7, 11) is 0. The Hall–Kier alpha value is -0.680. The molecule has 0 saturated heterocycles. The third kappa shape index (κ3) is 6.02. The molecule has 1 aromatic heterocycles. The van der Waals surface area contributed by atoms with E-state index in [1.807, 2.05) is 24.4 Å². The Balaban J connectivity index is 2.02. The van der Waals surface area contributed by atoms with E-state index in [-0.39, 0.29) is 0 Å². The Morgan fingerprint density at radius 2 is 2.50 bits per heavy atom. The minimum Gasteiger partial charge on any atom is -0.389 e. The summed E-state index contributed by atoms with van der Waals surface area (Å²) in [4.78, 5) is 1.18. The van der Waals surface area contributed by atoms with Crippen LogP contribution in [-0.2, 0) is 11.3 Å². The molecule has 0 aliphatic carbocycles. The van der Waals surface area contributed by atoms with Gasteiger partial charge in [0.25, 0.3) is 0 Å². The zero-order valence-corrected chi connectivity index (χ0v) is 10.4. The second-order valence-electron chi connectivity index (χ2n) is 3.84. The fraction of sp³-hybridized carbons (Fsp3) is 0.500. The van der Waals surface area contributed by atoms with Crippen LogP contribution in [-0.4, -0.2) is 30.9 Å². The van der Waals surface area contributed by atoms with Crippen molar-refractivity contribution in [1.29, 1.82) is 0 Å². The maximum Gasteiger partial charge on any atom is 0.0897 e. The summed E-state index contributed by atoms with van der Waals surface area (Å²) in [6.45, 7) is 7.94. The van der Waals surface area contributed by atoms with Gasteiger partial charge in [0.05, 0.1) is 19.3 Å². The number of aliphatic hydroxyl groups is 1. The van der Waals surface area contributed by atoms with E-state index < -0.39 is 6.10 Å². The number of ether oxygens (including phenoxy) is 1. The molecule has 0 spiro atoms. The van der Waals surface area contributed by atoms with Gasteiger partial charge in [0.2, 0.25) is 0 Å². The number of thiophene rings is 1. The SMILES string of the molecule is C=C(C)CNCC(O)COCc1cccs1. The zero-order chi connectivity index (χ0) is 11.8. The third-order valence-corrected chi connectivity index (χ3v) is 2.79. The first kappa shape index (κ1) is 13.4. The number of rotatable bonds is 8. The van der Waals surface area contributed by atoms with Crippen LogP contribution >= 0.6 is 11.3 Å². The highest BCUT2D eigenvalue weighted by atomic mass is 32.1. The van der Waals surface area contributed by atoms with E-state index in [0.717, 1.165) is 12.1 Å². The fourth-order valence-corrected chi connectivity index (χ4v) is 1.84. The van der Waals surface area contributed by atoms with Gasteiger partial charge in [-0.1, -0.05) is 18.2 Å². The first-order chi connectivity index (χ1) is 7.68. The molecule has 0 saturated carbocycles. The minimum atomic E-state index is -0.459. The van der Waals surface area contributed by atoms with E-state index in [1.54, 1.807) is 11.3 Å². The predicted octanol–water partition coefficient (Wildman–Crippen LogP) is 1.79. The van der Waals surface area contributed by atoms with Crippen molar-refractivity contribution in [3.05, 3.63) is 34.5 Å². The van der Waals surface area contributed by atoms with Crippen LogP contribution < -0.4 is 5.32 Å². The molecule has 16 heavy (non-hydrogen) atoms. The molecule has 0 aromatic carbocycles. The van der Waals surface area contributed by atoms with E-state index in [0.29, 0.717) is 19.8 Å². The first-order valence-electron chi connectivity index (χ1n) is 5.31. The molecule has 1 aromatic rings. The van der Waals surface area contributed by atoms with E-state index in [9.17, 15) is 5.11 Å². The van der Waals surface area contributed by atoms with Crippen molar-refractivity contribution >= 4 is 11.3 Å². The van der Waals surface area contributed by atoms with Crippen molar-refractivity contribution in [2.45, 2.75) is 19.6 Å². The van der Waals surface area contributed by atoms with Crippen LogP contribution in [0.25, 0.3) is 0 Å². The summed E-state index contributed by atoms with van der Waals surface area (Å²) in [6, 6.07) is 4.02. The third-order valence-electron chi connectivity index (χ3n) is 1.94. The van der Waals surface area contributed by atoms with Crippen molar-refractivity contribution in [3.8, 4) is 0 Å². The van der Waals surface area contributed by atoms with Gasteiger partial charge in [-0.15, -0.1) is 11.3 Å². The monoisotopic (exact) mass is 241 g/mol. The number of hydrogen-bond donors (Lipinski definition) is 2. The molecule has 0 fully saturated rings. The van der Waals surface area contributed by atoms with Crippen LogP contribution in [0.15, 0.2) is 29.7 Å². The molecule has 0 bridgehead atoms. The lowest BCUT2D eigenvalue weighted by Gasteiger charge is -2.11. The number of hydrogen-bond acceptors (Lipinski definition) is 4. The van der Waals surface area contributed by atoms with Crippen molar-refractivity contribution in [2.75, 3.05) is 19.7 Å². The van der Waals surface area contributed by atoms with E-state index in [1.165, 1.54) is 4.88 Å². The molecule has 1 atom stereocenters. The van der Waals surface area contributed by atoms with Gasteiger partial charge < -0.3 is 15.2 Å². The molecule has 0 aliphatic rings. The summed E-state index contributed by atoms with van der Waals surface area (Å²) < 4.78 is 5.40. The normalized spacial score (nSPS) is 12.6. The standard InChI is InChI=1S/C12H19NO2S/c1-10(2)6-13-7-11(14)8-15-9-12-4-3-5-16-12/h3-5,11,13-14H,1,6-9H2,2H3. The molecular weight excluding hydrogens is 222 g/mol. The van der Waals surface area contributed by atoms with Crippen molar-refractivity contribution in [2.24, 2.45) is 0 Å². The van der Waals surface area contributed by atoms with Crippen LogP contribution in [0.5, 0.6) is 0 Å². The van der Waals surface area contributed by atoms with Gasteiger partial charge in [0.15, 0.2) is 0 Å². The molecule has 0 amide bonds. The molecule has 2 N–H and O–H groups in total. The van der Waals surface area contributed by atoms with Gasteiger partial charge in [-0.05, 0) is 18.4 Å². The number of aliphatic hydroxyl groups excluding tert-OH is 1. The maximum absolute atomic E-state index is 9.58. The van der Waals surface area contributed by atoms with E-state index in [4.69, 9.17) is 4.74 Å². The van der Waals surface area contributed by atoms with Gasteiger partial charge in [-0.2, -0.15) is 0 Å². The Labute approximate surface area is 101 Å². The minimum absolute atomic E-state index is 0.362. The predicted molar refractivity (Wildman–Crippen MR) is 67.7 cm³/mol. The molecule has 0 radical (unpaired) electrons. The zero-order valence-electron chi connectivity index (χ0n) is 9.61. The smallest absolute Gasteiger partial charge is 0.0897 e. The molecule has 4 heteroatoms. The lowest BCUT2D eigenvalue weighted by Crippen LogP contribution is -2.31. The van der Waals surface area contributed by atoms with Crippen molar-refractivity contribution in [1.82, 2.24) is 5.32 Å². The highest BCUT2D eigenvalue weighted by Gasteiger charge is 2.03. The van der Waals surface area contributed by atoms with Crippen molar-refractivity contribution < 1.29 is 9.84 Å². The Bertz CT molecular complexity index is 298. The van der Waals surface area contributed by atoms with Gasteiger partial charge >= 0.3 is 0 Å². The molecule has 90 valence electrons. The quantitative estimate of drug-likeness (QED) is 0.682. The summed E-state index contributed by atoms with van der Waals surface area (Å²) in [6.07, 6.45) is -0.459. The van der Waals surface area contributed by atoms with Gasteiger partial charge in [-0.3, -0.25) is 0 Å². The molecule has 1 unspecified atom stereocenters. The lowest BCUT2D eigenvalue weighted by atomic mass is 10.3. The van der Waals surface area contributed by atoms with Crippen LogP contribution in [0.1, 0.15) is 11.8 Å². The van der Waals surface area contributed by atoms with Crippen LogP contribution in [0, 0.1) is 0 Å². The molecule has 0 aliphatic heterocycles. The Morgan fingerprint density at radius 1 is 1.69 bits per heavy atom. The van der Waals surface area contributed by atoms with Gasteiger partial charge in [-0.25, -0.2) is 0 Å².